The Labute approximate surface area is 195 Å². The van der Waals surface area contributed by atoms with E-state index in [1.807, 2.05) is 6.92 Å². The van der Waals surface area contributed by atoms with Gasteiger partial charge in [0.05, 0.1) is 12.2 Å². The molecular formula is C24H27F3N3O4+. The zero-order chi connectivity index (χ0) is 25.0. The van der Waals surface area contributed by atoms with Crippen LogP contribution in [0, 0.1) is 6.92 Å². The maximum absolute atomic E-state index is 13.0. The number of aliphatic hydroxyl groups excluding tert-OH is 1. The van der Waals surface area contributed by atoms with E-state index >= 15 is 0 Å². The van der Waals surface area contributed by atoms with Crippen molar-refractivity contribution in [3.63, 3.8) is 0 Å². The van der Waals surface area contributed by atoms with Crippen molar-refractivity contribution < 1.29 is 38.0 Å². The number of likely N-dealkylation sites (tertiary alicyclic amines) is 1. The van der Waals surface area contributed by atoms with Crippen LogP contribution in [0.1, 0.15) is 39.9 Å². The summed E-state index contributed by atoms with van der Waals surface area (Å²) in [5.74, 6) is -0.330. The summed E-state index contributed by atoms with van der Waals surface area (Å²) in [7, 11) is 0. The van der Waals surface area contributed by atoms with Gasteiger partial charge in [-0.15, -0.1) is 13.2 Å². The molecule has 1 amide bonds. The molecule has 0 bridgehead atoms. The number of nitrogens with two attached hydrogens (primary N) is 2. The highest BCUT2D eigenvalue weighted by molar-refractivity contribution is 6.10. The van der Waals surface area contributed by atoms with Crippen molar-refractivity contribution in [2.45, 2.75) is 26.1 Å². The highest BCUT2D eigenvalue weighted by Gasteiger charge is 2.34. The fourth-order valence-electron chi connectivity index (χ4n) is 3.62. The summed E-state index contributed by atoms with van der Waals surface area (Å²) in [5.41, 5.74) is 9.55. The monoisotopic (exact) mass is 478 g/mol. The second-order valence-corrected chi connectivity index (χ2v) is 8.03. The first kappa shape index (κ1) is 25.1. The molecule has 5 N–H and O–H groups in total. The van der Waals surface area contributed by atoms with Crippen molar-refractivity contribution in [3.8, 4) is 5.75 Å². The minimum Gasteiger partial charge on any atom is -0.477 e. The second kappa shape index (κ2) is 10.2. The van der Waals surface area contributed by atoms with Crippen molar-refractivity contribution in [1.82, 2.24) is 4.90 Å². The molecule has 0 aliphatic carbocycles. The molecule has 0 spiro atoms. The molecule has 0 atom stereocenters. The largest absolute Gasteiger partial charge is 0.573 e. The second-order valence-electron chi connectivity index (χ2n) is 8.03. The molecule has 7 nitrogen and oxygen atoms in total. The molecule has 3 rings (SSSR count). The first-order valence-corrected chi connectivity index (χ1v) is 10.6. The third-order valence-corrected chi connectivity index (χ3v) is 5.65. The summed E-state index contributed by atoms with van der Waals surface area (Å²) >= 11 is 0. The van der Waals surface area contributed by atoms with E-state index < -0.39 is 6.36 Å². The number of rotatable bonds is 8. The van der Waals surface area contributed by atoms with Gasteiger partial charge >= 0.3 is 6.36 Å². The molecule has 1 heterocycles. The summed E-state index contributed by atoms with van der Waals surface area (Å²) in [6.45, 7) is 4.31. The fourth-order valence-corrected chi connectivity index (χ4v) is 3.62. The summed E-state index contributed by atoms with van der Waals surface area (Å²) < 4.78 is 46.1. The normalized spacial score (nSPS) is 14.8. The van der Waals surface area contributed by atoms with Gasteiger partial charge in [0.25, 0.3) is 5.91 Å². The number of hydrogen-bond acceptors (Lipinski definition) is 5. The van der Waals surface area contributed by atoms with Crippen LogP contribution in [0.3, 0.4) is 0 Å². The molecule has 0 radical (unpaired) electrons. The van der Waals surface area contributed by atoms with Crippen LogP contribution in [0.4, 0.5) is 13.2 Å². The topological polar surface area (TPSA) is 111 Å². The van der Waals surface area contributed by atoms with Crippen LogP contribution >= 0.6 is 0 Å². The van der Waals surface area contributed by atoms with Crippen LogP contribution in [0.15, 0.2) is 53.9 Å². The average Bonchev–Trinajstić information content (AvgIpc) is 2.75. The minimum absolute atomic E-state index is 0.0269. The Balaban J connectivity index is 1.67. The Morgan fingerprint density at radius 1 is 1.21 bits per heavy atom. The molecule has 0 unspecified atom stereocenters. The number of nitrogens with zero attached hydrogens (tertiary/aromatic N) is 1. The molecule has 2 aromatic rings. The molecular weight excluding hydrogens is 451 g/mol. The number of ether oxygens (including phenoxy) is 2. The van der Waals surface area contributed by atoms with Crippen LogP contribution in [0.2, 0.25) is 0 Å². The number of aryl methyl sites for hydroxylation is 1. The molecule has 1 saturated heterocycles. The smallest absolute Gasteiger partial charge is 0.477 e. The number of hydrogen-bond donors (Lipinski definition) is 3. The van der Waals surface area contributed by atoms with Crippen LogP contribution in [0.5, 0.6) is 5.75 Å². The van der Waals surface area contributed by atoms with Gasteiger partial charge in [0.1, 0.15) is 12.4 Å². The van der Waals surface area contributed by atoms with Crippen molar-refractivity contribution in [1.29, 1.82) is 0 Å². The molecule has 1 fully saturated rings. The lowest BCUT2D eigenvalue weighted by atomic mass is 9.90. The number of amides is 1. The zero-order valence-corrected chi connectivity index (χ0v) is 18.9. The van der Waals surface area contributed by atoms with Gasteiger partial charge in [0.2, 0.25) is 5.71 Å². The van der Waals surface area contributed by atoms with Crippen molar-refractivity contribution in [3.05, 3.63) is 76.2 Å². The van der Waals surface area contributed by atoms with E-state index in [2.05, 4.69) is 4.74 Å². The van der Waals surface area contributed by atoms with E-state index in [9.17, 15) is 18.0 Å². The van der Waals surface area contributed by atoms with Gasteiger partial charge in [-0.1, -0.05) is 18.2 Å². The molecule has 182 valence electrons. The highest BCUT2D eigenvalue weighted by Crippen LogP contribution is 2.31. The molecule has 1 aliphatic heterocycles. The van der Waals surface area contributed by atoms with Crippen molar-refractivity contribution in [2.75, 3.05) is 26.3 Å². The number of carbonyl (C=O) groups is 1. The van der Waals surface area contributed by atoms with Crippen LogP contribution < -0.4 is 15.9 Å². The summed E-state index contributed by atoms with van der Waals surface area (Å²) in [6.07, 6.45) is -4.73. The quantitative estimate of drug-likeness (QED) is 0.396. The maximum Gasteiger partial charge on any atom is 0.573 e. The number of aliphatic hydroxyl groups is 1. The number of halogens is 3. The molecule has 10 heteroatoms. The van der Waals surface area contributed by atoms with Gasteiger partial charge in [-0.2, -0.15) is 0 Å². The average molecular weight is 478 g/mol. The first-order chi connectivity index (χ1) is 16.0. The van der Waals surface area contributed by atoms with Gasteiger partial charge < -0.3 is 25.2 Å². The predicted octanol–water partition coefficient (Wildman–Crippen LogP) is 1.88. The summed E-state index contributed by atoms with van der Waals surface area (Å²) in [5, 5.41) is 15.2. The zero-order valence-electron chi connectivity index (χ0n) is 18.9. The number of benzene rings is 2. The van der Waals surface area contributed by atoms with Gasteiger partial charge in [0, 0.05) is 30.1 Å². The van der Waals surface area contributed by atoms with Crippen molar-refractivity contribution >= 4 is 11.6 Å². The van der Waals surface area contributed by atoms with E-state index in [1.54, 1.807) is 42.2 Å². The third-order valence-electron chi connectivity index (χ3n) is 5.65. The molecule has 2 aromatic carbocycles. The van der Waals surface area contributed by atoms with Gasteiger partial charge in [-0.05, 0) is 49.2 Å². The lowest BCUT2D eigenvalue weighted by Gasteiger charge is -2.39. The fraction of sp³-hybridized carbons (Fsp3) is 0.333. The van der Waals surface area contributed by atoms with Gasteiger partial charge in [0.15, 0.2) is 5.88 Å². The van der Waals surface area contributed by atoms with Crippen LogP contribution in [0.25, 0.3) is 0 Å². The molecule has 0 aromatic heterocycles. The SMILES string of the molecule is C/C(C(=[NH2+])c1cc(C(=O)N2CC(c3ccc(OC(F)(F)F)cc3)C2)ccc1C)=C(/N)OCCO. The minimum atomic E-state index is -4.73. The Morgan fingerprint density at radius 3 is 2.44 bits per heavy atom. The van der Waals surface area contributed by atoms with Gasteiger partial charge in [-0.3, -0.25) is 10.2 Å². The van der Waals surface area contributed by atoms with Crippen LogP contribution in [-0.4, -0.2) is 54.3 Å². The highest BCUT2D eigenvalue weighted by atomic mass is 19.4. The van der Waals surface area contributed by atoms with Crippen LogP contribution in [-0.2, 0) is 4.74 Å². The van der Waals surface area contributed by atoms with E-state index in [4.69, 9.17) is 21.0 Å². The Morgan fingerprint density at radius 2 is 1.85 bits per heavy atom. The molecule has 0 saturated carbocycles. The van der Waals surface area contributed by atoms with E-state index in [0.717, 1.165) is 11.1 Å². The van der Waals surface area contributed by atoms with Gasteiger partial charge in [-0.25, -0.2) is 0 Å². The summed E-state index contributed by atoms with van der Waals surface area (Å²) in [4.78, 5) is 14.7. The lowest BCUT2D eigenvalue weighted by molar-refractivity contribution is -0.274. The third kappa shape index (κ3) is 5.88. The molecule has 34 heavy (non-hydrogen) atoms. The Bertz CT molecular complexity index is 1090. The standard InChI is InChI=1S/C24H26F3N3O4/c1-14-3-4-17(11-20(14)21(28)15(2)22(29)33-10-9-31)23(32)30-12-18(13-30)16-5-7-19(8-6-16)34-24(25,26)27/h3-8,11,18,28,31H,9-10,12-13,29H2,1-2H3/p+1/b22-15+,28-21?. The Kier molecular flexibility index (Phi) is 7.51. The predicted molar refractivity (Wildman–Crippen MR) is 119 cm³/mol. The number of allylic oxidation sites excluding steroid dienone is 1. The number of carbonyl (C=O) groups excluding carboxylic acids is 1. The lowest BCUT2D eigenvalue weighted by Crippen LogP contribution is -2.48. The Hall–Kier alpha value is -3.53. The van der Waals surface area contributed by atoms with Crippen molar-refractivity contribution in [2.24, 2.45) is 5.73 Å². The van der Waals surface area contributed by atoms with E-state index in [0.29, 0.717) is 35.5 Å². The number of alkyl halides is 3. The summed E-state index contributed by atoms with van der Waals surface area (Å²) in [6, 6.07) is 10.9. The molecule has 1 aliphatic rings. The van der Waals surface area contributed by atoms with E-state index in [1.165, 1.54) is 12.1 Å². The first-order valence-electron chi connectivity index (χ1n) is 10.6. The van der Waals surface area contributed by atoms with E-state index in [-0.39, 0.29) is 36.7 Å². The maximum atomic E-state index is 13.0.